The van der Waals surface area contributed by atoms with Crippen LogP contribution >= 0.6 is 11.8 Å². The number of ketones is 2. The van der Waals surface area contributed by atoms with Crippen molar-refractivity contribution < 1.29 is 14.0 Å². The zero-order valence-electron chi connectivity index (χ0n) is 11.1. The van der Waals surface area contributed by atoms with E-state index in [-0.39, 0.29) is 11.6 Å². The van der Waals surface area contributed by atoms with Crippen molar-refractivity contribution >= 4 is 23.3 Å². The van der Waals surface area contributed by atoms with Crippen LogP contribution in [0.4, 0.5) is 0 Å². The molecule has 0 N–H and O–H groups in total. The fourth-order valence-corrected chi connectivity index (χ4v) is 1.96. The molecule has 0 aliphatic heterocycles. The largest absolute Gasteiger partial charge is 0.468 e. The number of rotatable bonds is 6. The van der Waals surface area contributed by atoms with Gasteiger partial charge in [-0.25, -0.2) is 0 Å². The lowest BCUT2D eigenvalue weighted by Gasteiger charge is -1.95. The van der Waals surface area contributed by atoms with Crippen LogP contribution in [0.5, 0.6) is 0 Å². The molecular formula is C14H20O3S. The summed E-state index contributed by atoms with van der Waals surface area (Å²) in [5, 5.41) is 0. The summed E-state index contributed by atoms with van der Waals surface area (Å²) in [4.78, 5) is 20.5. The Kier molecular flexibility index (Phi) is 10.1. The Balaban J connectivity index is 0.000000411. The highest BCUT2D eigenvalue weighted by Gasteiger charge is 1.97. The quantitative estimate of drug-likeness (QED) is 0.583. The lowest BCUT2D eigenvalue weighted by molar-refractivity contribution is -0.116. The minimum Gasteiger partial charge on any atom is -0.468 e. The molecule has 1 aromatic rings. The molecule has 0 atom stereocenters. The first kappa shape index (κ1) is 16.7. The van der Waals surface area contributed by atoms with Crippen LogP contribution < -0.4 is 0 Å². The molecule has 1 aromatic heterocycles. The Morgan fingerprint density at radius 1 is 1.39 bits per heavy atom. The molecule has 0 unspecified atom stereocenters. The summed E-state index contributed by atoms with van der Waals surface area (Å²) in [6.07, 6.45) is 5.58. The van der Waals surface area contributed by atoms with E-state index in [0.29, 0.717) is 6.42 Å². The molecule has 0 aliphatic carbocycles. The molecule has 3 nitrogen and oxygen atoms in total. The summed E-state index contributed by atoms with van der Waals surface area (Å²) in [5.41, 5.74) is 0. The van der Waals surface area contributed by atoms with Crippen LogP contribution in [0, 0.1) is 0 Å². The SMILES string of the molecule is CC(=O)CCSCc1ccco1.CC=CC(C)=O. The molecule has 4 heteroatoms. The van der Waals surface area contributed by atoms with Crippen LogP contribution in [0.2, 0.25) is 0 Å². The van der Waals surface area contributed by atoms with Crippen molar-refractivity contribution in [1.82, 2.24) is 0 Å². The van der Waals surface area contributed by atoms with Gasteiger partial charge >= 0.3 is 0 Å². The van der Waals surface area contributed by atoms with Crippen molar-refractivity contribution in [2.75, 3.05) is 5.75 Å². The molecule has 0 bridgehead atoms. The molecule has 0 saturated carbocycles. The van der Waals surface area contributed by atoms with Gasteiger partial charge in [0.1, 0.15) is 11.5 Å². The van der Waals surface area contributed by atoms with Gasteiger partial charge in [0.25, 0.3) is 0 Å². The van der Waals surface area contributed by atoms with Crippen LogP contribution in [0.15, 0.2) is 35.0 Å². The standard InChI is InChI=1S/C9H12O2S.C5H8O/c1-8(10)4-6-12-7-9-3-2-5-11-9;1-3-4-5(2)6/h2-3,5H,4,6-7H2,1H3;3-4H,1-2H3. The highest BCUT2D eigenvalue weighted by molar-refractivity contribution is 7.98. The lowest BCUT2D eigenvalue weighted by atomic mass is 10.4. The smallest absolute Gasteiger partial charge is 0.152 e. The van der Waals surface area contributed by atoms with Crippen molar-refractivity contribution in [3.8, 4) is 0 Å². The predicted octanol–water partition coefficient (Wildman–Crippen LogP) is 3.64. The lowest BCUT2D eigenvalue weighted by Crippen LogP contribution is -1.91. The van der Waals surface area contributed by atoms with Crippen molar-refractivity contribution in [3.63, 3.8) is 0 Å². The Labute approximate surface area is 113 Å². The minimum absolute atomic E-state index is 0.109. The zero-order valence-corrected chi connectivity index (χ0v) is 12.0. The van der Waals surface area contributed by atoms with E-state index < -0.39 is 0 Å². The molecule has 0 saturated heterocycles. The van der Waals surface area contributed by atoms with Gasteiger partial charge in [-0.2, -0.15) is 11.8 Å². The summed E-state index contributed by atoms with van der Waals surface area (Å²) in [6.45, 7) is 4.97. The van der Waals surface area contributed by atoms with E-state index in [9.17, 15) is 9.59 Å². The topological polar surface area (TPSA) is 47.3 Å². The first-order valence-electron chi connectivity index (χ1n) is 5.79. The van der Waals surface area contributed by atoms with E-state index in [1.165, 1.54) is 13.0 Å². The number of thioether (sulfide) groups is 1. The van der Waals surface area contributed by atoms with Crippen LogP contribution in [-0.2, 0) is 15.3 Å². The molecule has 100 valence electrons. The van der Waals surface area contributed by atoms with Gasteiger partial charge in [0, 0.05) is 12.2 Å². The number of carbonyl (C=O) groups excluding carboxylic acids is 2. The van der Waals surface area contributed by atoms with Crippen molar-refractivity contribution in [2.45, 2.75) is 32.9 Å². The van der Waals surface area contributed by atoms with Gasteiger partial charge in [-0.1, -0.05) is 6.08 Å². The normalized spacial score (nSPS) is 9.94. The van der Waals surface area contributed by atoms with Gasteiger partial charge in [0.2, 0.25) is 0 Å². The maximum atomic E-state index is 10.6. The summed E-state index contributed by atoms with van der Waals surface area (Å²) < 4.78 is 5.13. The first-order chi connectivity index (χ1) is 8.56. The maximum Gasteiger partial charge on any atom is 0.152 e. The van der Waals surface area contributed by atoms with Crippen LogP contribution in [0.25, 0.3) is 0 Å². The molecule has 1 heterocycles. The molecule has 0 fully saturated rings. The number of Topliss-reactive ketones (excluding diaryl/α,β-unsaturated/α-hetero) is 1. The van der Waals surface area contributed by atoms with E-state index in [4.69, 9.17) is 4.42 Å². The molecule has 0 radical (unpaired) electrons. The number of carbonyl (C=O) groups is 2. The summed E-state index contributed by atoms with van der Waals surface area (Å²) in [6, 6.07) is 3.82. The summed E-state index contributed by atoms with van der Waals surface area (Å²) in [5.74, 6) is 3.08. The molecule has 18 heavy (non-hydrogen) atoms. The molecule has 0 aliphatic rings. The third-order valence-electron chi connectivity index (χ3n) is 1.82. The second-order valence-electron chi connectivity index (χ2n) is 3.69. The van der Waals surface area contributed by atoms with Crippen molar-refractivity contribution in [1.29, 1.82) is 0 Å². The minimum atomic E-state index is 0.109. The van der Waals surface area contributed by atoms with E-state index in [2.05, 4.69) is 0 Å². The first-order valence-corrected chi connectivity index (χ1v) is 6.94. The average molecular weight is 268 g/mol. The third-order valence-corrected chi connectivity index (χ3v) is 2.81. The molecule has 0 aromatic carbocycles. The highest BCUT2D eigenvalue weighted by atomic mass is 32.2. The van der Waals surface area contributed by atoms with E-state index in [0.717, 1.165) is 17.3 Å². The van der Waals surface area contributed by atoms with Crippen LogP contribution in [0.1, 0.15) is 33.0 Å². The van der Waals surface area contributed by atoms with Gasteiger partial charge in [-0.05, 0) is 39.0 Å². The Hall–Kier alpha value is -1.29. The molecule has 1 rings (SSSR count). The average Bonchev–Trinajstić information content (AvgIpc) is 2.77. The fraction of sp³-hybridized carbons (Fsp3) is 0.429. The Morgan fingerprint density at radius 3 is 2.50 bits per heavy atom. The van der Waals surface area contributed by atoms with E-state index in [1.54, 1.807) is 31.0 Å². The second-order valence-corrected chi connectivity index (χ2v) is 4.80. The molecular weight excluding hydrogens is 248 g/mol. The fourth-order valence-electron chi connectivity index (χ4n) is 1.02. The van der Waals surface area contributed by atoms with Gasteiger partial charge in [0.15, 0.2) is 5.78 Å². The Bertz CT molecular complexity index is 366. The van der Waals surface area contributed by atoms with Crippen molar-refractivity contribution in [2.24, 2.45) is 0 Å². The summed E-state index contributed by atoms with van der Waals surface area (Å²) >= 11 is 1.72. The molecule has 0 spiro atoms. The van der Waals surface area contributed by atoms with Gasteiger partial charge in [-0.15, -0.1) is 0 Å². The van der Waals surface area contributed by atoms with Crippen molar-refractivity contribution in [3.05, 3.63) is 36.3 Å². The summed E-state index contributed by atoms with van der Waals surface area (Å²) in [7, 11) is 0. The monoisotopic (exact) mass is 268 g/mol. The van der Waals surface area contributed by atoms with Gasteiger partial charge < -0.3 is 4.42 Å². The third kappa shape index (κ3) is 11.2. The second kappa shape index (κ2) is 10.8. The van der Waals surface area contributed by atoms with E-state index >= 15 is 0 Å². The van der Waals surface area contributed by atoms with Gasteiger partial charge in [0.05, 0.1) is 12.0 Å². The van der Waals surface area contributed by atoms with Crippen LogP contribution in [-0.4, -0.2) is 17.3 Å². The number of hydrogen-bond donors (Lipinski definition) is 0. The Morgan fingerprint density at radius 2 is 2.11 bits per heavy atom. The predicted molar refractivity (Wildman–Crippen MR) is 75.7 cm³/mol. The van der Waals surface area contributed by atoms with Crippen LogP contribution in [0.3, 0.4) is 0 Å². The maximum absolute atomic E-state index is 10.6. The number of hydrogen-bond acceptors (Lipinski definition) is 4. The van der Waals surface area contributed by atoms with Gasteiger partial charge in [-0.3, -0.25) is 9.59 Å². The highest BCUT2D eigenvalue weighted by Crippen LogP contribution is 2.12. The molecule has 0 amide bonds. The zero-order chi connectivity index (χ0) is 13.8. The number of allylic oxidation sites excluding steroid dienone is 2. The van der Waals surface area contributed by atoms with E-state index in [1.807, 2.05) is 19.1 Å². The number of furan rings is 1.